The molecule has 6 nitrogen and oxygen atoms in total. The lowest BCUT2D eigenvalue weighted by Gasteiger charge is -2.29. The maximum atomic E-state index is 12.5. The molecule has 0 aromatic carbocycles. The third-order valence-corrected chi connectivity index (χ3v) is 4.37. The first-order chi connectivity index (χ1) is 9.70. The van der Waals surface area contributed by atoms with Gasteiger partial charge in [-0.1, -0.05) is 0 Å². The van der Waals surface area contributed by atoms with Gasteiger partial charge in [-0.15, -0.1) is 11.3 Å². The Morgan fingerprint density at radius 3 is 3.25 bits per heavy atom. The van der Waals surface area contributed by atoms with Crippen molar-refractivity contribution < 1.29 is 9.53 Å². The van der Waals surface area contributed by atoms with E-state index in [4.69, 9.17) is 15.7 Å². The first-order valence-electron chi connectivity index (χ1n) is 6.13. The molecule has 1 atom stereocenters. The van der Waals surface area contributed by atoms with Crippen LogP contribution in [0.25, 0.3) is 10.1 Å². The summed E-state index contributed by atoms with van der Waals surface area (Å²) in [6.07, 6.45) is 2.79. The minimum absolute atomic E-state index is 0.146. The summed E-state index contributed by atoms with van der Waals surface area (Å²) in [5.74, 6) is -0.146. The standard InChI is InChI=1S/C13H12N4O2S/c14-5-8-7-17(3-4-19-8)13(18)12-11(15)9-1-2-16-6-10(9)20-12/h1-2,6,8H,3-4,7,15H2. The molecular formula is C13H12N4O2S. The monoisotopic (exact) mass is 288 g/mol. The Morgan fingerprint density at radius 2 is 2.50 bits per heavy atom. The predicted octanol–water partition coefficient (Wildman–Crippen LogP) is 1.24. The Labute approximate surface area is 119 Å². The average Bonchev–Trinajstić information content (AvgIpc) is 2.84. The van der Waals surface area contributed by atoms with Gasteiger partial charge in [0.1, 0.15) is 4.88 Å². The van der Waals surface area contributed by atoms with E-state index in [1.165, 1.54) is 11.3 Å². The molecule has 1 saturated heterocycles. The van der Waals surface area contributed by atoms with Crippen LogP contribution in [0.4, 0.5) is 5.69 Å². The van der Waals surface area contributed by atoms with Crippen LogP contribution in [-0.2, 0) is 4.74 Å². The summed E-state index contributed by atoms with van der Waals surface area (Å²) >= 11 is 1.33. The van der Waals surface area contributed by atoms with Crippen LogP contribution in [0.15, 0.2) is 18.5 Å². The van der Waals surface area contributed by atoms with Crippen molar-refractivity contribution in [2.75, 3.05) is 25.4 Å². The van der Waals surface area contributed by atoms with E-state index in [2.05, 4.69) is 4.98 Å². The number of nitrogen functional groups attached to an aromatic ring is 1. The molecule has 2 N–H and O–H groups in total. The van der Waals surface area contributed by atoms with Gasteiger partial charge in [0.25, 0.3) is 5.91 Å². The SMILES string of the molecule is N#CC1CN(C(=O)c2sc3cnccc3c2N)CCO1. The van der Waals surface area contributed by atoms with Crippen LogP contribution in [0.2, 0.25) is 0 Å². The minimum Gasteiger partial charge on any atom is -0.397 e. The van der Waals surface area contributed by atoms with Crippen LogP contribution in [0.1, 0.15) is 9.67 Å². The zero-order valence-electron chi connectivity index (χ0n) is 10.6. The molecule has 1 aliphatic rings. The highest BCUT2D eigenvalue weighted by molar-refractivity contribution is 7.21. The molecule has 0 bridgehead atoms. The van der Waals surface area contributed by atoms with E-state index in [0.717, 1.165) is 10.1 Å². The van der Waals surface area contributed by atoms with Gasteiger partial charge in [-0.2, -0.15) is 5.26 Å². The van der Waals surface area contributed by atoms with Crippen molar-refractivity contribution >= 4 is 33.0 Å². The number of amides is 1. The van der Waals surface area contributed by atoms with Gasteiger partial charge >= 0.3 is 0 Å². The summed E-state index contributed by atoms with van der Waals surface area (Å²) in [6, 6.07) is 3.83. The summed E-state index contributed by atoms with van der Waals surface area (Å²) in [4.78, 5) is 18.7. The molecule has 1 aliphatic heterocycles. The molecule has 1 fully saturated rings. The quantitative estimate of drug-likeness (QED) is 0.852. The minimum atomic E-state index is -0.565. The zero-order chi connectivity index (χ0) is 14.1. The summed E-state index contributed by atoms with van der Waals surface area (Å²) in [5.41, 5.74) is 6.54. The van der Waals surface area contributed by atoms with Crippen molar-refractivity contribution in [3.05, 3.63) is 23.3 Å². The second kappa shape index (κ2) is 5.07. The number of fused-ring (bicyclic) bond motifs is 1. The van der Waals surface area contributed by atoms with Gasteiger partial charge < -0.3 is 15.4 Å². The summed E-state index contributed by atoms with van der Waals surface area (Å²) < 4.78 is 6.13. The molecular weight excluding hydrogens is 276 g/mol. The molecule has 7 heteroatoms. The molecule has 0 saturated carbocycles. The van der Waals surface area contributed by atoms with Crippen molar-refractivity contribution in [2.24, 2.45) is 0 Å². The van der Waals surface area contributed by atoms with Crippen LogP contribution in [0.5, 0.6) is 0 Å². The molecule has 3 rings (SSSR count). The van der Waals surface area contributed by atoms with Gasteiger partial charge in [0.05, 0.1) is 29.6 Å². The normalized spacial score (nSPS) is 18.9. The zero-order valence-corrected chi connectivity index (χ0v) is 11.4. The van der Waals surface area contributed by atoms with Crippen molar-refractivity contribution in [1.82, 2.24) is 9.88 Å². The number of carbonyl (C=O) groups is 1. The molecule has 0 spiro atoms. The molecule has 102 valence electrons. The highest BCUT2D eigenvalue weighted by Gasteiger charge is 2.27. The number of aromatic nitrogens is 1. The van der Waals surface area contributed by atoms with E-state index < -0.39 is 6.10 Å². The van der Waals surface area contributed by atoms with E-state index in [9.17, 15) is 4.79 Å². The highest BCUT2D eigenvalue weighted by Crippen LogP contribution is 2.33. The molecule has 2 aromatic heterocycles. The van der Waals surface area contributed by atoms with E-state index in [-0.39, 0.29) is 12.5 Å². The lowest BCUT2D eigenvalue weighted by atomic mass is 10.2. The largest absolute Gasteiger partial charge is 0.397 e. The van der Waals surface area contributed by atoms with E-state index >= 15 is 0 Å². The van der Waals surface area contributed by atoms with Crippen LogP contribution >= 0.6 is 11.3 Å². The number of rotatable bonds is 1. The number of nitrogens with zero attached hydrogens (tertiary/aromatic N) is 3. The number of thiophene rings is 1. The smallest absolute Gasteiger partial charge is 0.266 e. The number of morpholine rings is 1. The fourth-order valence-corrected chi connectivity index (χ4v) is 3.24. The van der Waals surface area contributed by atoms with Gasteiger partial charge in [-0.3, -0.25) is 9.78 Å². The molecule has 20 heavy (non-hydrogen) atoms. The Morgan fingerprint density at radius 1 is 1.65 bits per heavy atom. The number of carbonyl (C=O) groups excluding carboxylic acids is 1. The number of hydrogen-bond donors (Lipinski definition) is 1. The molecule has 3 heterocycles. The summed E-state index contributed by atoms with van der Waals surface area (Å²) in [6.45, 7) is 1.13. The molecule has 2 aromatic rings. The second-order valence-corrected chi connectivity index (χ2v) is 5.51. The van der Waals surface area contributed by atoms with E-state index in [1.54, 1.807) is 23.4 Å². The number of hydrogen-bond acceptors (Lipinski definition) is 6. The number of nitriles is 1. The van der Waals surface area contributed by atoms with Gasteiger partial charge in [-0.25, -0.2) is 0 Å². The second-order valence-electron chi connectivity index (χ2n) is 4.46. The van der Waals surface area contributed by atoms with Crippen molar-refractivity contribution in [1.29, 1.82) is 5.26 Å². The van der Waals surface area contributed by atoms with Crippen molar-refractivity contribution in [3.63, 3.8) is 0 Å². The average molecular weight is 288 g/mol. The van der Waals surface area contributed by atoms with Gasteiger partial charge in [0, 0.05) is 24.3 Å². The summed E-state index contributed by atoms with van der Waals surface area (Å²) in [5, 5.41) is 9.73. The highest BCUT2D eigenvalue weighted by atomic mass is 32.1. The van der Waals surface area contributed by atoms with Gasteiger partial charge in [0.15, 0.2) is 6.10 Å². The number of nitrogens with two attached hydrogens (primary N) is 1. The lowest BCUT2D eigenvalue weighted by Crippen LogP contribution is -2.45. The molecule has 1 amide bonds. The molecule has 1 unspecified atom stereocenters. The van der Waals surface area contributed by atoms with Gasteiger partial charge in [0.2, 0.25) is 0 Å². The fourth-order valence-electron chi connectivity index (χ4n) is 2.19. The van der Waals surface area contributed by atoms with Crippen LogP contribution in [0.3, 0.4) is 0 Å². The van der Waals surface area contributed by atoms with Gasteiger partial charge in [-0.05, 0) is 6.07 Å². The Balaban J connectivity index is 1.93. The lowest BCUT2D eigenvalue weighted by molar-refractivity contribution is 0.00374. The maximum Gasteiger partial charge on any atom is 0.266 e. The third kappa shape index (κ3) is 2.09. The Hall–Kier alpha value is -2.17. The van der Waals surface area contributed by atoms with Crippen molar-refractivity contribution in [2.45, 2.75) is 6.10 Å². The van der Waals surface area contributed by atoms with Crippen LogP contribution in [0, 0.1) is 11.3 Å². The predicted molar refractivity (Wildman–Crippen MR) is 75.3 cm³/mol. The van der Waals surface area contributed by atoms with Crippen molar-refractivity contribution in [3.8, 4) is 6.07 Å². The number of pyridine rings is 1. The van der Waals surface area contributed by atoms with Crippen LogP contribution < -0.4 is 5.73 Å². The first kappa shape index (κ1) is 12.8. The maximum absolute atomic E-state index is 12.5. The molecule has 0 aliphatic carbocycles. The number of ether oxygens (including phenoxy) is 1. The Kier molecular flexibility index (Phi) is 3.26. The summed E-state index contributed by atoms with van der Waals surface area (Å²) in [7, 11) is 0. The fraction of sp³-hybridized carbons (Fsp3) is 0.308. The van der Waals surface area contributed by atoms with E-state index in [0.29, 0.717) is 23.7 Å². The Bertz CT molecular complexity index is 706. The van der Waals surface area contributed by atoms with Crippen LogP contribution in [-0.4, -0.2) is 41.6 Å². The first-order valence-corrected chi connectivity index (χ1v) is 6.95. The third-order valence-electron chi connectivity index (χ3n) is 3.22. The molecule has 0 radical (unpaired) electrons. The topological polar surface area (TPSA) is 92.2 Å². The van der Waals surface area contributed by atoms with E-state index in [1.807, 2.05) is 6.07 Å². The number of anilines is 1.